The highest BCUT2D eigenvalue weighted by Gasteiger charge is 2.56. The quantitative estimate of drug-likeness (QED) is 0.519. The molecule has 0 saturated carbocycles. The van der Waals surface area contributed by atoms with Crippen molar-refractivity contribution >= 4 is 23.3 Å². The van der Waals surface area contributed by atoms with Gasteiger partial charge in [0.1, 0.15) is 17.5 Å². The van der Waals surface area contributed by atoms with Crippen LogP contribution in [0.4, 0.5) is 14.6 Å². The average molecular weight is 496 g/mol. The number of hydrazine groups is 1. The van der Waals surface area contributed by atoms with E-state index in [1.807, 2.05) is 24.3 Å². The lowest BCUT2D eigenvalue weighted by molar-refractivity contribution is -0.143. The number of nitrogens with zero attached hydrogens (tertiary/aromatic N) is 5. The molecule has 1 spiro atoms. The molecule has 9 heteroatoms. The first-order valence-electron chi connectivity index (χ1n) is 11.8. The summed E-state index contributed by atoms with van der Waals surface area (Å²) in [7, 11) is 0. The fourth-order valence-electron chi connectivity index (χ4n) is 5.68. The molecule has 3 saturated heterocycles. The molecule has 3 aliphatic rings. The predicted molar refractivity (Wildman–Crippen MR) is 128 cm³/mol. The lowest BCUT2D eigenvalue weighted by atomic mass is 9.77. The number of aromatic nitrogens is 2. The lowest BCUT2D eigenvalue weighted by Gasteiger charge is -2.38. The predicted octanol–water partition coefficient (Wildman–Crippen LogP) is 4.87. The third-order valence-electron chi connectivity index (χ3n) is 7.48. The second-order valence-electron chi connectivity index (χ2n) is 9.58. The van der Waals surface area contributed by atoms with Crippen molar-refractivity contribution in [2.24, 2.45) is 5.41 Å². The van der Waals surface area contributed by atoms with Crippen LogP contribution in [0.15, 0.2) is 54.9 Å². The molecule has 1 atom stereocenters. The third-order valence-corrected chi connectivity index (χ3v) is 7.72. The van der Waals surface area contributed by atoms with Gasteiger partial charge in [0, 0.05) is 42.8 Å². The highest BCUT2D eigenvalue weighted by molar-refractivity contribution is 6.30. The van der Waals surface area contributed by atoms with Crippen LogP contribution in [-0.4, -0.2) is 52.1 Å². The molecule has 0 aliphatic carbocycles. The molecule has 0 N–H and O–H groups in total. The fourth-order valence-corrected chi connectivity index (χ4v) is 5.87. The zero-order chi connectivity index (χ0) is 24.2. The molecule has 1 aromatic heterocycles. The Morgan fingerprint density at radius 3 is 2.43 bits per heavy atom. The van der Waals surface area contributed by atoms with Crippen molar-refractivity contribution in [3.63, 3.8) is 0 Å². The Labute approximate surface area is 207 Å². The van der Waals surface area contributed by atoms with Crippen LogP contribution in [-0.2, 0) is 4.79 Å². The standard InChI is InChI=1S/C26H24ClF2N5O/c27-19-3-1-2-17(10-19)22-14-31-24(15-30-22)32-8-5-26(6-9-32)16-33-7-4-23(34(33)25(26)35)18-11-20(28)13-21(29)12-18/h1-3,10-15,23H,4-9,16H2/t23-/m0/s1. The zero-order valence-electron chi connectivity index (χ0n) is 19.0. The van der Waals surface area contributed by atoms with Gasteiger partial charge in [-0.15, -0.1) is 0 Å². The van der Waals surface area contributed by atoms with Crippen LogP contribution in [0.25, 0.3) is 11.3 Å². The number of hydrogen-bond donors (Lipinski definition) is 0. The van der Waals surface area contributed by atoms with Gasteiger partial charge < -0.3 is 4.90 Å². The number of carbonyl (C=O) groups excluding carboxylic acids is 1. The topological polar surface area (TPSA) is 52.6 Å². The molecule has 180 valence electrons. The normalized spacial score (nSPS) is 21.7. The number of anilines is 1. The molecule has 35 heavy (non-hydrogen) atoms. The van der Waals surface area contributed by atoms with Crippen molar-refractivity contribution in [3.05, 3.63) is 77.1 Å². The van der Waals surface area contributed by atoms with Gasteiger partial charge in [-0.3, -0.25) is 14.8 Å². The largest absolute Gasteiger partial charge is 0.355 e. The molecule has 1 amide bonds. The molecular formula is C26H24ClF2N5O. The van der Waals surface area contributed by atoms with Crippen LogP contribution in [0.2, 0.25) is 5.02 Å². The van der Waals surface area contributed by atoms with Crippen molar-refractivity contribution in [1.82, 2.24) is 20.0 Å². The molecule has 0 radical (unpaired) electrons. The zero-order valence-corrected chi connectivity index (χ0v) is 19.8. The number of carbonyl (C=O) groups is 1. The minimum absolute atomic E-state index is 0.0618. The Kier molecular flexibility index (Phi) is 5.45. The van der Waals surface area contributed by atoms with Crippen molar-refractivity contribution in [3.8, 4) is 11.3 Å². The smallest absolute Gasteiger partial charge is 0.245 e. The molecule has 6 rings (SSSR count). The highest BCUT2D eigenvalue weighted by atomic mass is 35.5. The Balaban J connectivity index is 1.16. The summed E-state index contributed by atoms with van der Waals surface area (Å²) in [6.07, 6.45) is 5.57. The van der Waals surface area contributed by atoms with Gasteiger partial charge in [-0.05, 0) is 49.1 Å². The summed E-state index contributed by atoms with van der Waals surface area (Å²) in [4.78, 5) is 25.0. The van der Waals surface area contributed by atoms with Crippen LogP contribution in [0.5, 0.6) is 0 Å². The summed E-state index contributed by atoms with van der Waals surface area (Å²) in [5, 5.41) is 4.46. The number of fused-ring (bicyclic) bond motifs is 1. The Morgan fingerprint density at radius 2 is 1.74 bits per heavy atom. The van der Waals surface area contributed by atoms with E-state index in [9.17, 15) is 13.6 Å². The van der Waals surface area contributed by atoms with E-state index in [1.54, 1.807) is 17.4 Å². The van der Waals surface area contributed by atoms with E-state index in [1.165, 1.54) is 12.1 Å². The van der Waals surface area contributed by atoms with E-state index in [0.717, 1.165) is 23.1 Å². The van der Waals surface area contributed by atoms with Crippen LogP contribution < -0.4 is 4.90 Å². The van der Waals surface area contributed by atoms with Crippen LogP contribution in [0.1, 0.15) is 30.9 Å². The number of amides is 1. The molecule has 4 heterocycles. The molecule has 2 aromatic carbocycles. The van der Waals surface area contributed by atoms with E-state index in [4.69, 9.17) is 11.6 Å². The minimum atomic E-state index is -0.615. The molecule has 3 aromatic rings. The summed E-state index contributed by atoms with van der Waals surface area (Å²) in [5.41, 5.74) is 1.70. The van der Waals surface area contributed by atoms with E-state index in [2.05, 4.69) is 19.9 Å². The first kappa shape index (κ1) is 22.4. The summed E-state index contributed by atoms with van der Waals surface area (Å²) in [6, 6.07) is 10.7. The monoisotopic (exact) mass is 495 g/mol. The van der Waals surface area contributed by atoms with Gasteiger partial charge in [0.15, 0.2) is 0 Å². The maximum atomic E-state index is 13.8. The van der Waals surface area contributed by atoms with E-state index in [-0.39, 0.29) is 11.9 Å². The number of piperidine rings is 1. The van der Waals surface area contributed by atoms with Crippen molar-refractivity contribution < 1.29 is 13.6 Å². The SMILES string of the molecule is O=C1N2[C@H](c3cc(F)cc(F)c3)CCN2CC12CCN(c1cnc(-c3cccc(Cl)c3)cn1)CC2. The maximum absolute atomic E-state index is 13.8. The van der Waals surface area contributed by atoms with Gasteiger partial charge in [-0.25, -0.2) is 18.8 Å². The van der Waals surface area contributed by atoms with Crippen LogP contribution in [0.3, 0.4) is 0 Å². The first-order chi connectivity index (χ1) is 16.9. The second kappa shape index (κ2) is 8.53. The van der Waals surface area contributed by atoms with Gasteiger partial charge in [-0.1, -0.05) is 23.7 Å². The van der Waals surface area contributed by atoms with E-state index in [0.29, 0.717) is 56.0 Å². The first-order valence-corrected chi connectivity index (χ1v) is 12.2. The molecule has 0 bridgehead atoms. The van der Waals surface area contributed by atoms with E-state index >= 15 is 0 Å². The van der Waals surface area contributed by atoms with Crippen molar-refractivity contribution in [1.29, 1.82) is 0 Å². The fraction of sp³-hybridized carbons (Fsp3) is 0.346. The van der Waals surface area contributed by atoms with Crippen molar-refractivity contribution in [2.45, 2.75) is 25.3 Å². The number of rotatable bonds is 3. The van der Waals surface area contributed by atoms with Gasteiger partial charge in [0.25, 0.3) is 0 Å². The average Bonchev–Trinajstić information content (AvgIpc) is 3.37. The number of halogens is 3. The number of benzene rings is 2. The Bertz CT molecular complexity index is 1260. The van der Waals surface area contributed by atoms with E-state index < -0.39 is 17.0 Å². The minimum Gasteiger partial charge on any atom is -0.355 e. The number of hydrogen-bond acceptors (Lipinski definition) is 5. The van der Waals surface area contributed by atoms with Crippen molar-refractivity contribution in [2.75, 3.05) is 31.1 Å². The summed E-state index contributed by atoms with van der Waals surface area (Å²) in [5.74, 6) is -0.386. The Hall–Kier alpha value is -3.10. The molecule has 3 aliphatic heterocycles. The van der Waals surface area contributed by atoms with Gasteiger partial charge >= 0.3 is 0 Å². The Morgan fingerprint density at radius 1 is 0.971 bits per heavy atom. The molecule has 3 fully saturated rings. The molecule has 0 unspecified atom stereocenters. The molecule has 6 nitrogen and oxygen atoms in total. The lowest BCUT2D eigenvalue weighted by Crippen LogP contribution is -2.46. The van der Waals surface area contributed by atoms with Gasteiger partial charge in [-0.2, -0.15) is 0 Å². The highest BCUT2D eigenvalue weighted by Crippen LogP contribution is 2.47. The third kappa shape index (κ3) is 3.94. The van der Waals surface area contributed by atoms with Gasteiger partial charge in [0.05, 0.1) is 29.5 Å². The molecular weight excluding hydrogens is 472 g/mol. The summed E-state index contributed by atoms with van der Waals surface area (Å²) in [6.45, 7) is 2.74. The maximum Gasteiger partial charge on any atom is 0.245 e. The van der Waals surface area contributed by atoms with Gasteiger partial charge in [0.2, 0.25) is 5.91 Å². The second-order valence-corrected chi connectivity index (χ2v) is 10.0. The summed E-state index contributed by atoms with van der Waals surface area (Å²) < 4.78 is 27.7. The van der Waals surface area contributed by atoms with Crippen LogP contribution in [0, 0.1) is 17.0 Å². The van der Waals surface area contributed by atoms with Crippen LogP contribution >= 0.6 is 11.6 Å². The summed E-state index contributed by atoms with van der Waals surface area (Å²) >= 11 is 6.09.